The Morgan fingerprint density at radius 1 is 1.59 bits per heavy atom. The summed E-state index contributed by atoms with van der Waals surface area (Å²) in [4.78, 5) is 11.6. The Hall–Kier alpha value is -1.16. The van der Waals surface area contributed by atoms with Crippen molar-refractivity contribution in [3.8, 4) is 0 Å². The molecule has 17 heavy (non-hydrogen) atoms. The number of nitrogens with zero attached hydrogens (tertiary/aromatic N) is 2. The molecule has 1 aromatic rings. The minimum Gasteiger partial charge on any atom is -0.328 e. The van der Waals surface area contributed by atoms with Crippen LogP contribution in [0, 0.1) is 0 Å². The average molecular weight is 235 g/mol. The number of ketones is 1. The van der Waals surface area contributed by atoms with E-state index < -0.39 is 0 Å². The Balaban J connectivity index is 1.91. The third kappa shape index (κ3) is 3.40. The number of carbonyl (C=O) groups excluding carboxylic acids is 1. The lowest BCUT2D eigenvalue weighted by Crippen LogP contribution is -2.20. The van der Waals surface area contributed by atoms with Crippen LogP contribution in [0.15, 0.2) is 12.3 Å². The molecule has 1 heterocycles. The standard InChI is InChI=1S/C13H21N3O/c1-10(14)8-13(17)9-11-6-7-16(15-11)12-4-2-3-5-12/h6-7,10,12H,2-5,8-9,14H2,1H3. The van der Waals surface area contributed by atoms with Gasteiger partial charge in [-0.05, 0) is 25.8 Å². The second kappa shape index (κ2) is 5.45. The molecule has 1 unspecified atom stereocenters. The van der Waals surface area contributed by atoms with Gasteiger partial charge in [0.25, 0.3) is 0 Å². The van der Waals surface area contributed by atoms with E-state index in [9.17, 15) is 4.79 Å². The summed E-state index contributed by atoms with van der Waals surface area (Å²) in [7, 11) is 0. The topological polar surface area (TPSA) is 60.9 Å². The monoisotopic (exact) mass is 235 g/mol. The molecule has 0 saturated heterocycles. The van der Waals surface area contributed by atoms with Gasteiger partial charge in [0.05, 0.1) is 18.2 Å². The summed E-state index contributed by atoms with van der Waals surface area (Å²) in [5.41, 5.74) is 6.48. The molecule has 1 atom stereocenters. The van der Waals surface area contributed by atoms with Crippen molar-refractivity contribution in [2.45, 2.75) is 57.5 Å². The lowest BCUT2D eigenvalue weighted by molar-refractivity contribution is -0.118. The normalized spacial score (nSPS) is 18.5. The number of hydrogen-bond acceptors (Lipinski definition) is 3. The van der Waals surface area contributed by atoms with Gasteiger partial charge in [0.1, 0.15) is 5.78 Å². The lowest BCUT2D eigenvalue weighted by Gasteiger charge is -2.08. The molecule has 0 aliphatic heterocycles. The fourth-order valence-corrected chi connectivity index (χ4v) is 2.48. The van der Waals surface area contributed by atoms with Crippen LogP contribution < -0.4 is 5.73 Å². The minimum atomic E-state index is -0.0561. The van der Waals surface area contributed by atoms with Crippen molar-refractivity contribution in [2.75, 3.05) is 0 Å². The largest absolute Gasteiger partial charge is 0.328 e. The first-order valence-electron chi connectivity index (χ1n) is 6.46. The molecule has 0 spiro atoms. The predicted molar refractivity (Wildman–Crippen MR) is 66.7 cm³/mol. The van der Waals surface area contributed by atoms with Gasteiger partial charge in [-0.25, -0.2) is 0 Å². The zero-order valence-electron chi connectivity index (χ0n) is 10.4. The van der Waals surface area contributed by atoms with E-state index >= 15 is 0 Å². The summed E-state index contributed by atoms with van der Waals surface area (Å²) in [6.45, 7) is 1.86. The number of carbonyl (C=O) groups is 1. The van der Waals surface area contributed by atoms with Gasteiger partial charge >= 0.3 is 0 Å². The molecule has 1 aliphatic rings. The number of rotatable bonds is 5. The van der Waals surface area contributed by atoms with Crippen molar-refractivity contribution in [2.24, 2.45) is 5.73 Å². The second-order valence-electron chi connectivity index (χ2n) is 5.12. The van der Waals surface area contributed by atoms with Crippen LogP contribution in [0.3, 0.4) is 0 Å². The van der Waals surface area contributed by atoms with Crippen LogP contribution in [0.5, 0.6) is 0 Å². The van der Waals surface area contributed by atoms with Crippen LogP contribution in [0.2, 0.25) is 0 Å². The summed E-state index contributed by atoms with van der Waals surface area (Å²) in [5.74, 6) is 0.177. The highest BCUT2D eigenvalue weighted by Crippen LogP contribution is 2.28. The molecule has 2 N–H and O–H groups in total. The average Bonchev–Trinajstić information content (AvgIpc) is 2.84. The van der Waals surface area contributed by atoms with E-state index in [-0.39, 0.29) is 11.8 Å². The van der Waals surface area contributed by atoms with Gasteiger partial charge in [0, 0.05) is 18.7 Å². The van der Waals surface area contributed by atoms with Crippen LogP contribution in [-0.4, -0.2) is 21.6 Å². The molecule has 94 valence electrons. The van der Waals surface area contributed by atoms with Crippen molar-refractivity contribution in [3.63, 3.8) is 0 Å². The van der Waals surface area contributed by atoms with Crippen LogP contribution in [-0.2, 0) is 11.2 Å². The minimum absolute atomic E-state index is 0.0561. The van der Waals surface area contributed by atoms with Crippen molar-refractivity contribution in [1.29, 1.82) is 0 Å². The van der Waals surface area contributed by atoms with E-state index in [4.69, 9.17) is 5.73 Å². The Morgan fingerprint density at radius 3 is 2.94 bits per heavy atom. The number of nitrogens with two attached hydrogens (primary N) is 1. The van der Waals surface area contributed by atoms with Gasteiger partial charge < -0.3 is 5.73 Å². The maximum absolute atomic E-state index is 11.6. The predicted octanol–water partition coefficient (Wildman–Crippen LogP) is 1.85. The Kier molecular flexibility index (Phi) is 3.94. The fraction of sp³-hybridized carbons (Fsp3) is 0.692. The molecule has 1 aliphatic carbocycles. The molecule has 0 amide bonds. The van der Waals surface area contributed by atoms with Gasteiger partial charge in [-0.1, -0.05) is 12.8 Å². The molecular weight excluding hydrogens is 214 g/mol. The molecule has 0 bridgehead atoms. The molecule has 4 heteroatoms. The lowest BCUT2D eigenvalue weighted by atomic mass is 10.1. The summed E-state index contributed by atoms with van der Waals surface area (Å²) >= 11 is 0. The molecule has 4 nitrogen and oxygen atoms in total. The van der Waals surface area contributed by atoms with Crippen molar-refractivity contribution in [1.82, 2.24) is 9.78 Å². The van der Waals surface area contributed by atoms with Crippen LogP contribution >= 0.6 is 0 Å². The highest BCUT2D eigenvalue weighted by molar-refractivity contribution is 5.80. The van der Waals surface area contributed by atoms with E-state index in [1.165, 1.54) is 25.7 Å². The number of Topliss-reactive ketones (excluding diaryl/α,β-unsaturated/α-hetero) is 1. The molecule has 2 rings (SSSR count). The fourth-order valence-electron chi connectivity index (χ4n) is 2.48. The third-order valence-electron chi connectivity index (χ3n) is 3.29. The number of hydrogen-bond donors (Lipinski definition) is 1. The van der Waals surface area contributed by atoms with Gasteiger partial charge in [0.15, 0.2) is 0 Å². The third-order valence-corrected chi connectivity index (χ3v) is 3.29. The molecule has 0 aromatic carbocycles. The van der Waals surface area contributed by atoms with Gasteiger partial charge in [0.2, 0.25) is 0 Å². The van der Waals surface area contributed by atoms with Gasteiger partial charge in [-0.15, -0.1) is 0 Å². The number of aromatic nitrogens is 2. The molecule has 1 fully saturated rings. The summed E-state index contributed by atoms with van der Waals surface area (Å²) in [5, 5.41) is 4.49. The van der Waals surface area contributed by atoms with Crippen LogP contribution in [0.4, 0.5) is 0 Å². The second-order valence-corrected chi connectivity index (χ2v) is 5.12. The van der Waals surface area contributed by atoms with Crippen molar-refractivity contribution >= 4 is 5.78 Å². The molecule has 1 aromatic heterocycles. The molecule has 1 saturated carbocycles. The summed E-state index contributed by atoms with van der Waals surface area (Å²) in [6.07, 6.45) is 7.89. The first-order chi connectivity index (χ1) is 8.15. The van der Waals surface area contributed by atoms with E-state index in [0.717, 1.165) is 5.69 Å². The SMILES string of the molecule is CC(N)CC(=O)Cc1ccn(C2CCCC2)n1. The highest BCUT2D eigenvalue weighted by atomic mass is 16.1. The van der Waals surface area contributed by atoms with E-state index in [0.29, 0.717) is 18.9 Å². The van der Waals surface area contributed by atoms with E-state index in [1.807, 2.05) is 23.9 Å². The summed E-state index contributed by atoms with van der Waals surface area (Å²) < 4.78 is 2.03. The highest BCUT2D eigenvalue weighted by Gasteiger charge is 2.18. The summed E-state index contributed by atoms with van der Waals surface area (Å²) in [6, 6.07) is 2.45. The van der Waals surface area contributed by atoms with Gasteiger partial charge in [-0.2, -0.15) is 5.10 Å². The van der Waals surface area contributed by atoms with E-state index in [1.54, 1.807) is 0 Å². The van der Waals surface area contributed by atoms with E-state index in [2.05, 4.69) is 5.10 Å². The van der Waals surface area contributed by atoms with Crippen molar-refractivity contribution < 1.29 is 4.79 Å². The first-order valence-corrected chi connectivity index (χ1v) is 6.46. The zero-order valence-corrected chi connectivity index (χ0v) is 10.4. The Labute approximate surface area is 102 Å². The van der Waals surface area contributed by atoms with Gasteiger partial charge in [-0.3, -0.25) is 9.48 Å². The van der Waals surface area contributed by atoms with Crippen LogP contribution in [0.1, 0.15) is 50.8 Å². The first kappa shape index (κ1) is 12.3. The maximum Gasteiger partial charge on any atom is 0.140 e. The quantitative estimate of drug-likeness (QED) is 0.847. The Morgan fingerprint density at radius 2 is 2.29 bits per heavy atom. The Bertz CT molecular complexity index is 378. The molecular formula is C13H21N3O. The maximum atomic E-state index is 11.6. The molecule has 0 radical (unpaired) electrons. The van der Waals surface area contributed by atoms with Crippen molar-refractivity contribution in [3.05, 3.63) is 18.0 Å². The smallest absolute Gasteiger partial charge is 0.140 e. The van der Waals surface area contributed by atoms with Crippen LogP contribution in [0.25, 0.3) is 0 Å². The zero-order chi connectivity index (χ0) is 12.3.